The maximum atomic E-state index is 12.7. The molecule has 0 bridgehead atoms. The Morgan fingerprint density at radius 1 is 1.22 bits per heavy atom. The van der Waals surface area contributed by atoms with Crippen molar-refractivity contribution in [2.24, 2.45) is 0 Å². The molecule has 2 heterocycles. The number of amides is 1. The van der Waals surface area contributed by atoms with Gasteiger partial charge in [-0.05, 0) is 18.4 Å². The van der Waals surface area contributed by atoms with Crippen LogP contribution in [0.3, 0.4) is 0 Å². The van der Waals surface area contributed by atoms with Gasteiger partial charge < -0.3 is 9.64 Å². The Labute approximate surface area is 164 Å². The van der Waals surface area contributed by atoms with E-state index in [1.165, 1.54) is 7.11 Å². The lowest BCUT2D eigenvalue weighted by atomic mass is 9.72. The Morgan fingerprint density at radius 2 is 1.89 bits per heavy atom. The van der Waals surface area contributed by atoms with Crippen molar-refractivity contribution < 1.29 is 14.3 Å². The van der Waals surface area contributed by atoms with Gasteiger partial charge in [0.25, 0.3) is 0 Å². The first kappa shape index (κ1) is 19.5. The number of nitrogens with zero attached hydrogens (tertiary/aromatic N) is 2. The maximum Gasteiger partial charge on any atom is 0.316 e. The fraction of sp³-hybridized carbons (Fsp3) is 0.476. The molecule has 1 aliphatic rings. The smallest absolute Gasteiger partial charge is 0.316 e. The van der Waals surface area contributed by atoms with Crippen molar-refractivity contribution in [1.82, 2.24) is 9.88 Å². The quantitative estimate of drug-likeness (QED) is 0.738. The molecule has 1 saturated heterocycles. The van der Waals surface area contributed by atoms with Gasteiger partial charge in [0.15, 0.2) is 0 Å². The molecule has 1 aliphatic heterocycles. The fourth-order valence-electron chi connectivity index (χ4n) is 3.64. The zero-order valence-electron chi connectivity index (χ0n) is 16.1. The summed E-state index contributed by atoms with van der Waals surface area (Å²) in [7, 11) is 1.43. The molecule has 0 unspecified atom stereocenters. The highest BCUT2D eigenvalue weighted by molar-refractivity contribution is 7.09. The number of rotatable bonds is 5. The summed E-state index contributed by atoms with van der Waals surface area (Å²) in [6, 6.07) is 9.75. The Bertz CT molecular complexity index is 793. The average Bonchev–Trinajstić information content (AvgIpc) is 3.17. The Balaban J connectivity index is 1.68. The van der Waals surface area contributed by atoms with Gasteiger partial charge >= 0.3 is 5.97 Å². The number of ether oxygens (including phenoxy) is 1. The first-order valence-corrected chi connectivity index (χ1v) is 10.2. The fourth-order valence-corrected chi connectivity index (χ4v) is 4.47. The molecule has 2 aromatic rings. The van der Waals surface area contributed by atoms with E-state index in [0.29, 0.717) is 38.3 Å². The van der Waals surface area contributed by atoms with Gasteiger partial charge in [0.2, 0.25) is 5.91 Å². The van der Waals surface area contributed by atoms with Crippen LogP contribution in [0.25, 0.3) is 0 Å². The second kappa shape index (κ2) is 8.21. The number of carbonyl (C=O) groups excluding carboxylic acids is 2. The molecule has 27 heavy (non-hydrogen) atoms. The molecule has 1 fully saturated rings. The number of methoxy groups -OCH3 is 1. The maximum absolute atomic E-state index is 12.7. The first-order chi connectivity index (χ1) is 13.0. The summed E-state index contributed by atoms with van der Waals surface area (Å²) in [6.07, 6.45) is 1.47. The molecule has 1 amide bonds. The van der Waals surface area contributed by atoms with E-state index >= 15 is 0 Å². The van der Waals surface area contributed by atoms with Gasteiger partial charge in [0.05, 0.1) is 29.6 Å². The lowest BCUT2D eigenvalue weighted by molar-refractivity contribution is -0.151. The topological polar surface area (TPSA) is 59.5 Å². The van der Waals surface area contributed by atoms with Crippen LogP contribution in [-0.2, 0) is 26.2 Å². The summed E-state index contributed by atoms with van der Waals surface area (Å²) in [5.74, 6) is 0.226. The predicted octanol–water partition coefficient (Wildman–Crippen LogP) is 3.54. The minimum absolute atomic E-state index is 0.0714. The number of hydrogen-bond donors (Lipinski definition) is 0. The largest absolute Gasteiger partial charge is 0.468 e. The van der Waals surface area contributed by atoms with Crippen molar-refractivity contribution in [3.63, 3.8) is 0 Å². The molecular formula is C21H26N2O3S. The molecule has 0 atom stereocenters. The molecule has 144 valence electrons. The van der Waals surface area contributed by atoms with Crippen LogP contribution in [0.2, 0.25) is 0 Å². The van der Waals surface area contributed by atoms with Crippen LogP contribution < -0.4 is 0 Å². The van der Waals surface area contributed by atoms with Gasteiger partial charge in [0, 0.05) is 24.4 Å². The van der Waals surface area contributed by atoms with Gasteiger partial charge in [-0.1, -0.05) is 44.2 Å². The molecular weight excluding hydrogens is 360 g/mol. The van der Waals surface area contributed by atoms with Crippen molar-refractivity contribution in [2.45, 2.75) is 44.4 Å². The van der Waals surface area contributed by atoms with E-state index < -0.39 is 5.41 Å². The number of hydrogen-bond acceptors (Lipinski definition) is 5. The molecule has 3 rings (SSSR count). The number of esters is 1. The van der Waals surface area contributed by atoms with Gasteiger partial charge in [-0.2, -0.15) is 0 Å². The minimum Gasteiger partial charge on any atom is -0.468 e. The standard InChI is InChI=1S/C21H26N2O3S/c1-15(2)19-22-17(14-27-19)13-18(24)23-11-9-21(10-12-23,20(25)26-3)16-7-5-4-6-8-16/h4-8,14-15H,9-13H2,1-3H3. The second-order valence-corrected chi connectivity index (χ2v) is 8.22. The Kier molecular flexibility index (Phi) is 5.95. The van der Waals surface area contributed by atoms with Crippen LogP contribution in [-0.4, -0.2) is 42.0 Å². The lowest BCUT2D eigenvalue weighted by Gasteiger charge is -2.40. The zero-order chi connectivity index (χ0) is 19.4. The van der Waals surface area contributed by atoms with Gasteiger partial charge in [-0.15, -0.1) is 11.3 Å². The van der Waals surface area contributed by atoms with E-state index in [4.69, 9.17) is 4.74 Å². The molecule has 5 nitrogen and oxygen atoms in total. The van der Waals surface area contributed by atoms with E-state index in [-0.39, 0.29) is 11.9 Å². The molecule has 1 aromatic heterocycles. The summed E-state index contributed by atoms with van der Waals surface area (Å²) in [4.78, 5) is 31.7. The monoisotopic (exact) mass is 386 g/mol. The van der Waals surface area contributed by atoms with Crippen LogP contribution in [0, 0.1) is 0 Å². The normalized spacial score (nSPS) is 16.4. The van der Waals surface area contributed by atoms with Crippen LogP contribution >= 0.6 is 11.3 Å². The number of piperidine rings is 1. The minimum atomic E-state index is -0.668. The summed E-state index contributed by atoms with van der Waals surface area (Å²) >= 11 is 1.61. The second-order valence-electron chi connectivity index (χ2n) is 7.33. The summed E-state index contributed by atoms with van der Waals surface area (Å²) < 4.78 is 5.11. The Hall–Kier alpha value is -2.21. The number of thiazole rings is 1. The van der Waals surface area contributed by atoms with E-state index in [9.17, 15) is 9.59 Å². The van der Waals surface area contributed by atoms with Crippen molar-refractivity contribution in [2.75, 3.05) is 20.2 Å². The van der Waals surface area contributed by atoms with Gasteiger partial charge in [-0.3, -0.25) is 9.59 Å². The molecule has 0 saturated carbocycles. The number of benzene rings is 1. The van der Waals surface area contributed by atoms with Crippen molar-refractivity contribution >= 4 is 23.2 Å². The summed E-state index contributed by atoms with van der Waals surface area (Å²) in [6.45, 7) is 5.30. The third-order valence-electron chi connectivity index (χ3n) is 5.27. The van der Waals surface area contributed by atoms with Gasteiger partial charge in [-0.25, -0.2) is 4.98 Å². The third kappa shape index (κ3) is 4.05. The first-order valence-electron chi connectivity index (χ1n) is 9.32. The van der Waals surface area contributed by atoms with Crippen LogP contribution in [0.5, 0.6) is 0 Å². The van der Waals surface area contributed by atoms with Gasteiger partial charge in [0.1, 0.15) is 0 Å². The van der Waals surface area contributed by atoms with E-state index in [0.717, 1.165) is 16.3 Å². The highest BCUT2D eigenvalue weighted by Crippen LogP contribution is 2.37. The SMILES string of the molecule is COC(=O)C1(c2ccccc2)CCN(C(=O)Cc2csc(C(C)C)n2)CC1. The molecule has 0 spiro atoms. The molecule has 1 aromatic carbocycles. The number of likely N-dealkylation sites (tertiary alicyclic amines) is 1. The van der Waals surface area contributed by atoms with E-state index in [1.807, 2.05) is 40.6 Å². The summed E-state index contributed by atoms with van der Waals surface area (Å²) in [5.41, 5.74) is 1.13. The molecule has 0 aliphatic carbocycles. The molecule has 6 heteroatoms. The van der Waals surface area contributed by atoms with Crippen molar-refractivity contribution in [3.05, 3.63) is 52.0 Å². The van der Waals surface area contributed by atoms with E-state index in [2.05, 4.69) is 18.8 Å². The van der Waals surface area contributed by atoms with Crippen LogP contribution in [0.15, 0.2) is 35.7 Å². The third-order valence-corrected chi connectivity index (χ3v) is 6.46. The number of carbonyl (C=O) groups is 2. The summed E-state index contributed by atoms with van der Waals surface area (Å²) in [5, 5.41) is 3.03. The average molecular weight is 387 g/mol. The Morgan fingerprint density at radius 3 is 2.44 bits per heavy atom. The van der Waals surface area contributed by atoms with E-state index in [1.54, 1.807) is 11.3 Å². The highest BCUT2D eigenvalue weighted by Gasteiger charge is 2.44. The lowest BCUT2D eigenvalue weighted by Crippen LogP contribution is -2.49. The highest BCUT2D eigenvalue weighted by atomic mass is 32.1. The van der Waals surface area contributed by atoms with Crippen LogP contribution in [0.1, 0.15) is 48.9 Å². The molecule has 0 radical (unpaired) electrons. The molecule has 0 N–H and O–H groups in total. The number of aromatic nitrogens is 1. The van der Waals surface area contributed by atoms with Crippen LogP contribution in [0.4, 0.5) is 0 Å². The predicted molar refractivity (Wildman–Crippen MR) is 106 cm³/mol. The van der Waals surface area contributed by atoms with Crippen molar-refractivity contribution in [1.29, 1.82) is 0 Å². The van der Waals surface area contributed by atoms with Crippen molar-refractivity contribution in [3.8, 4) is 0 Å². The zero-order valence-corrected chi connectivity index (χ0v) is 16.9.